The first-order valence-electron chi connectivity index (χ1n) is 13.8. The summed E-state index contributed by atoms with van der Waals surface area (Å²) in [6.45, 7) is 6.40. The summed E-state index contributed by atoms with van der Waals surface area (Å²) in [5, 5.41) is 3.20. The lowest BCUT2D eigenvalue weighted by atomic mass is 10.0. The maximum Gasteiger partial charge on any atom is 0.317 e. The predicted octanol–water partition coefficient (Wildman–Crippen LogP) is 2.03. The van der Waals surface area contributed by atoms with Crippen LogP contribution in [0.5, 0.6) is 0 Å². The van der Waals surface area contributed by atoms with Gasteiger partial charge in [-0.1, -0.05) is 12.1 Å². The van der Waals surface area contributed by atoms with Gasteiger partial charge < -0.3 is 34.2 Å². The molecular weight excluding hydrogens is 496 g/mol. The number of hydrogen-bond donors (Lipinski definition) is 1. The molecule has 0 bridgehead atoms. The molecule has 3 aliphatic rings. The lowest BCUT2D eigenvalue weighted by Gasteiger charge is -2.37. The molecule has 0 spiro atoms. The Labute approximate surface area is 229 Å². The van der Waals surface area contributed by atoms with Crippen molar-refractivity contribution in [2.24, 2.45) is 7.05 Å². The zero-order chi connectivity index (χ0) is 27.2. The van der Waals surface area contributed by atoms with Gasteiger partial charge in [0.1, 0.15) is 5.69 Å². The Kier molecular flexibility index (Phi) is 8.51. The highest BCUT2D eigenvalue weighted by Gasteiger charge is 2.28. The van der Waals surface area contributed by atoms with Crippen LogP contribution in [0, 0.1) is 0 Å². The monoisotopic (exact) mass is 534 g/mol. The lowest BCUT2D eigenvalue weighted by Crippen LogP contribution is -2.55. The van der Waals surface area contributed by atoms with Crippen LogP contribution < -0.4 is 10.2 Å². The third-order valence-electron chi connectivity index (χ3n) is 7.84. The average molecular weight is 535 g/mol. The number of piperazine rings is 1. The molecule has 3 fully saturated rings. The minimum Gasteiger partial charge on any atom is -0.378 e. The molecule has 1 aromatic carbocycles. The molecule has 10 nitrogen and oxygen atoms in total. The van der Waals surface area contributed by atoms with Gasteiger partial charge in [0.15, 0.2) is 0 Å². The van der Waals surface area contributed by atoms with E-state index in [1.165, 1.54) is 0 Å². The van der Waals surface area contributed by atoms with Gasteiger partial charge in [-0.15, -0.1) is 0 Å². The van der Waals surface area contributed by atoms with E-state index in [2.05, 4.69) is 22.3 Å². The molecule has 0 unspecified atom stereocenters. The number of ether oxygens (including phenoxy) is 1. The molecule has 1 N–H and O–H groups in total. The molecule has 10 heteroatoms. The fourth-order valence-electron chi connectivity index (χ4n) is 5.36. The summed E-state index contributed by atoms with van der Waals surface area (Å²) in [6.07, 6.45) is 7.13. The molecule has 4 heterocycles. The number of piperidine rings is 1. The van der Waals surface area contributed by atoms with Gasteiger partial charge >= 0.3 is 6.03 Å². The highest BCUT2D eigenvalue weighted by atomic mass is 16.5. The second-order valence-electron chi connectivity index (χ2n) is 10.4. The summed E-state index contributed by atoms with van der Waals surface area (Å²) in [5.74, 6) is 0.0365. The Morgan fingerprint density at radius 3 is 2.15 bits per heavy atom. The van der Waals surface area contributed by atoms with Gasteiger partial charge in [-0.05, 0) is 48.7 Å². The molecule has 1 aromatic heterocycles. The number of benzene rings is 1. The van der Waals surface area contributed by atoms with Gasteiger partial charge in [0.25, 0.3) is 5.91 Å². The largest absolute Gasteiger partial charge is 0.378 e. The van der Waals surface area contributed by atoms with E-state index < -0.39 is 0 Å². The lowest BCUT2D eigenvalue weighted by molar-refractivity contribution is -0.129. The fraction of sp³-hybridized carbons (Fsp3) is 0.483. The van der Waals surface area contributed by atoms with Crippen LogP contribution in [0.2, 0.25) is 0 Å². The summed E-state index contributed by atoms with van der Waals surface area (Å²) in [6, 6.07) is 12.1. The van der Waals surface area contributed by atoms with Crippen LogP contribution >= 0.6 is 0 Å². The topological polar surface area (TPSA) is 90.4 Å². The van der Waals surface area contributed by atoms with Crippen LogP contribution in [0.4, 0.5) is 10.5 Å². The first kappa shape index (κ1) is 26.8. The fourth-order valence-corrected chi connectivity index (χ4v) is 5.36. The Morgan fingerprint density at radius 1 is 0.846 bits per heavy atom. The number of morpholine rings is 1. The number of hydrogen-bond acceptors (Lipinski definition) is 5. The van der Waals surface area contributed by atoms with Crippen LogP contribution in [0.25, 0.3) is 6.08 Å². The first-order valence-corrected chi connectivity index (χ1v) is 13.8. The molecule has 4 amide bonds. The van der Waals surface area contributed by atoms with Crippen LogP contribution in [-0.4, -0.2) is 109 Å². The van der Waals surface area contributed by atoms with Gasteiger partial charge in [-0.2, -0.15) is 0 Å². The molecule has 0 radical (unpaired) electrons. The SMILES string of the molecule is Cn1cccc1C(=O)N1CCN(C(=O)NC2CCN(c3ccc(/C=C/C(=O)N4CCOCC4)cc3)CC2)CC1. The highest BCUT2D eigenvalue weighted by Crippen LogP contribution is 2.21. The number of carbonyl (C=O) groups is 3. The van der Waals surface area contributed by atoms with Gasteiger partial charge in [0, 0.05) is 83.4 Å². The van der Waals surface area contributed by atoms with Gasteiger partial charge in [0.05, 0.1) is 13.2 Å². The minimum atomic E-state index is -0.0396. The van der Waals surface area contributed by atoms with Crippen molar-refractivity contribution in [3.8, 4) is 0 Å². The maximum atomic E-state index is 12.9. The van der Waals surface area contributed by atoms with E-state index >= 15 is 0 Å². The molecular formula is C29H38N6O4. The molecule has 0 saturated carbocycles. The third-order valence-corrected chi connectivity index (χ3v) is 7.84. The zero-order valence-corrected chi connectivity index (χ0v) is 22.6. The molecule has 39 heavy (non-hydrogen) atoms. The quantitative estimate of drug-likeness (QED) is 0.593. The van der Waals surface area contributed by atoms with E-state index in [0.29, 0.717) is 58.2 Å². The van der Waals surface area contributed by atoms with Crippen molar-refractivity contribution in [1.82, 2.24) is 24.6 Å². The number of aromatic nitrogens is 1. The molecule has 0 atom stereocenters. The standard InChI is InChI=1S/C29H38N6O4/c1-31-12-2-3-26(31)28(37)34-15-17-35(18-16-34)29(38)30-24-10-13-32(14-11-24)25-7-4-23(5-8-25)6-9-27(36)33-19-21-39-22-20-33/h2-9,12,24H,10-11,13-22H2,1H3,(H,30,38)/b9-6+. The van der Waals surface area contributed by atoms with Crippen LogP contribution in [-0.2, 0) is 16.6 Å². The van der Waals surface area contributed by atoms with E-state index in [-0.39, 0.29) is 23.9 Å². The molecule has 3 aliphatic heterocycles. The Morgan fingerprint density at radius 2 is 1.51 bits per heavy atom. The number of aryl methyl sites for hydroxylation is 1. The van der Waals surface area contributed by atoms with Crippen molar-refractivity contribution < 1.29 is 19.1 Å². The third kappa shape index (κ3) is 6.62. The molecule has 0 aliphatic carbocycles. The van der Waals surface area contributed by atoms with E-state index in [4.69, 9.17) is 4.74 Å². The van der Waals surface area contributed by atoms with Crippen molar-refractivity contribution in [3.05, 3.63) is 59.9 Å². The van der Waals surface area contributed by atoms with Crippen LogP contribution in [0.3, 0.4) is 0 Å². The minimum absolute atomic E-state index is 0.0143. The van der Waals surface area contributed by atoms with Gasteiger partial charge in [0.2, 0.25) is 5.91 Å². The predicted molar refractivity (Wildman–Crippen MR) is 150 cm³/mol. The summed E-state index contributed by atoms with van der Waals surface area (Å²) in [5.41, 5.74) is 2.81. The van der Waals surface area contributed by atoms with Crippen LogP contribution in [0.15, 0.2) is 48.7 Å². The first-order chi connectivity index (χ1) is 19.0. The summed E-state index contributed by atoms with van der Waals surface area (Å²) in [7, 11) is 1.87. The number of nitrogens with zero attached hydrogens (tertiary/aromatic N) is 5. The summed E-state index contributed by atoms with van der Waals surface area (Å²) < 4.78 is 7.13. The van der Waals surface area contributed by atoms with E-state index in [0.717, 1.165) is 37.2 Å². The number of anilines is 1. The smallest absolute Gasteiger partial charge is 0.317 e. The molecule has 3 saturated heterocycles. The second-order valence-corrected chi connectivity index (χ2v) is 10.4. The Bertz CT molecular complexity index is 1170. The number of urea groups is 1. The van der Waals surface area contributed by atoms with E-state index in [1.54, 1.807) is 6.08 Å². The summed E-state index contributed by atoms with van der Waals surface area (Å²) >= 11 is 0. The van der Waals surface area contributed by atoms with Crippen molar-refractivity contribution in [1.29, 1.82) is 0 Å². The number of rotatable bonds is 5. The average Bonchev–Trinajstić information content (AvgIpc) is 3.42. The van der Waals surface area contributed by atoms with E-state index in [1.807, 2.05) is 62.9 Å². The van der Waals surface area contributed by atoms with Crippen molar-refractivity contribution in [2.75, 3.05) is 70.5 Å². The molecule has 208 valence electrons. The van der Waals surface area contributed by atoms with Crippen molar-refractivity contribution in [3.63, 3.8) is 0 Å². The molecule has 5 rings (SSSR count). The summed E-state index contributed by atoms with van der Waals surface area (Å²) in [4.78, 5) is 45.7. The van der Waals surface area contributed by atoms with Crippen molar-refractivity contribution >= 4 is 29.6 Å². The number of nitrogens with one attached hydrogen (secondary N) is 1. The van der Waals surface area contributed by atoms with Crippen LogP contribution in [0.1, 0.15) is 28.9 Å². The maximum absolute atomic E-state index is 12.9. The highest BCUT2D eigenvalue weighted by molar-refractivity contribution is 5.93. The van der Waals surface area contributed by atoms with Crippen molar-refractivity contribution in [2.45, 2.75) is 18.9 Å². The molecule has 2 aromatic rings. The normalized spacial score (nSPS) is 19.0. The van der Waals surface area contributed by atoms with Gasteiger partial charge in [-0.25, -0.2) is 4.79 Å². The number of amides is 4. The van der Waals surface area contributed by atoms with E-state index in [9.17, 15) is 14.4 Å². The van der Waals surface area contributed by atoms with Gasteiger partial charge in [-0.3, -0.25) is 9.59 Å². The Balaban J connectivity index is 1.04. The second kappa shape index (κ2) is 12.4. The number of carbonyl (C=O) groups excluding carboxylic acids is 3. The Hall–Kier alpha value is -3.79. The zero-order valence-electron chi connectivity index (χ0n) is 22.6.